The monoisotopic (exact) mass is 377 g/mol. The van der Waals surface area contributed by atoms with Crippen molar-refractivity contribution in [1.29, 1.82) is 0 Å². The second-order valence-corrected chi connectivity index (χ2v) is 6.11. The van der Waals surface area contributed by atoms with Gasteiger partial charge in [-0.05, 0) is 67.8 Å². The first-order valence-corrected chi connectivity index (χ1v) is 8.04. The van der Waals surface area contributed by atoms with E-state index in [9.17, 15) is 4.79 Å². The minimum absolute atomic E-state index is 0.0343. The Morgan fingerprint density at radius 1 is 1.13 bits per heavy atom. The summed E-state index contributed by atoms with van der Waals surface area (Å²) in [6.45, 7) is 5.97. The molecule has 0 aromatic heterocycles. The molecule has 5 heteroatoms. The molecule has 0 unspecified atom stereocenters. The Balaban J connectivity index is 1.99. The predicted molar refractivity (Wildman–Crippen MR) is 95.5 cm³/mol. The molecule has 23 heavy (non-hydrogen) atoms. The van der Waals surface area contributed by atoms with Crippen LogP contribution in [-0.2, 0) is 4.79 Å². The number of carbonyl (C=O) groups is 1. The summed E-state index contributed by atoms with van der Waals surface area (Å²) in [7, 11) is 1.60. The first-order valence-electron chi connectivity index (χ1n) is 7.25. The Labute approximate surface area is 144 Å². The number of amides is 1. The lowest BCUT2D eigenvalue weighted by molar-refractivity contribution is -0.118. The summed E-state index contributed by atoms with van der Waals surface area (Å²) >= 11 is 3.56. The molecule has 0 spiro atoms. The number of benzene rings is 2. The molecule has 2 aromatic carbocycles. The first kappa shape index (κ1) is 17.3. The van der Waals surface area contributed by atoms with Gasteiger partial charge >= 0.3 is 0 Å². The summed E-state index contributed by atoms with van der Waals surface area (Å²) in [6.07, 6.45) is 0. The standard InChI is InChI=1S/C18H20BrNO3/c1-11-9-16(12(2)13(3)18(11)19)23-10-17(21)20-14-5-7-15(22-4)8-6-14/h5-9H,10H2,1-4H3,(H,20,21). The summed E-state index contributed by atoms with van der Waals surface area (Å²) in [5.41, 5.74) is 3.94. The Morgan fingerprint density at radius 2 is 1.78 bits per heavy atom. The van der Waals surface area contributed by atoms with Gasteiger partial charge in [0.05, 0.1) is 7.11 Å². The van der Waals surface area contributed by atoms with Crippen molar-refractivity contribution in [3.05, 3.63) is 51.5 Å². The van der Waals surface area contributed by atoms with Gasteiger partial charge in [-0.25, -0.2) is 0 Å². The molecule has 0 aliphatic carbocycles. The summed E-state index contributed by atoms with van der Waals surface area (Å²) < 4.78 is 11.8. The highest BCUT2D eigenvalue weighted by molar-refractivity contribution is 9.10. The third-order valence-electron chi connectivity index (χ3n) is 3.69. The van der Waals surface area contributed by atoms with Crippen LogP contribution in [-0.4, -0.2) is 19.6 Å². The van der Waals surface area contributed by atoms with Crippen LogP contribution in [0.5, 0.6) is 11.5 Å². The van der Waals surface area contributed by atoms with Crippen LogP contribution in [0.25, 0.3) is 0 Å². The molecule has 4 nitrogen and oxygen atoms in total. The predicted octanol–water partition coefficient (Wildman–Crippen LogP) is 4.40. The maximum absolute atomic E-state index is 12.0. The average Bonchev–Trinajstić information content (AvgIpc) is 2.55. The van der Waals surface area contributed by atoms with Gasteiger partial charge < -0.3 is 14.8 Å². The number of halogens is 1. The second kappa shape index (κ2) is 7.51. The van der Waals surface area contributed by atoms with E-state index in [0.717, 1.165) is 32.7 Å². The summed E-state index contributed by atoms with van der Waals surface area (Å²) in [5, 5.41) is 2.79. The van der Waals surface area contributed by atoms with Gasteiger partial charge in [0.15, 0.2) is 6.61 Å². The zero-order valence-corrected chi connectivity index (χ0v) is 15.3. The maximum atomic E-state index is 12.0. The molecule has 0 atom stereocenters. The van der Waals surface area contributed by atoms with Crippen molar-refractivity contribution in [1.82, 2.24) is 0 Å². The van der Waals surface area contributed by atoms with Gasteiger partial charge in [0.25, 0.3) is 5.91 Å². The molecule has 0 fully saturated rings. The molecule has 2 aromatic rings. The molecule has 0 heterocycles. The largest absolute Gasteiger partial charge is 0.497 e. The van der Waals surface area contributed by atoms with E-state index in [1.165, 1.54) is 0 Å². The van der Waals surface area contributed by atoms with Crippen molar-refractivity contribution in [2.45, 2.75) is 20.8 Å². The third kappa shape index (κ3) is 4.26. The minimum atomic E-state index is -0.201. The highest BCUT2D eigenvalue weighted by Crippen LogP contribution is 2.31. The fourth-order valence-electron chi connectivity index (χ4n) is 2.18. The summed E-state index contributed by atoms with van der Waals surface area (Å²) in [4.78, 5) is 12.0. The first-order chi connectivity index (χ1) is 10.9. The number of carbonyl (C=O) groups excluding carboxylic acids is 1. The molecule has 0 radical (unpaired) electrons. The minimum Gasteiger partial charge on any atom is -0.497 e. The van der Waals surface area contributed by atoms with Gasteiger partial charge in [-0.2, -0.15) is 0 Å². The topological polar surface area (TPSA) is 47.6 Å². The number of rotatable bonds is 5. The van der Waals surface area contributed by atoms with Gasteiger partial charge in [-0.1, -0.05) is 15.9 Å². The van der Waals surface area contributed by atoms with Crippen LogP contribution in [0.15, 0.2) is 34.8 Å². The molecule has 1 N–H and O–H groups in total. The van der Waals surface area contributed by atoms with Gasteiger partial charge in [-0.3, -0.25) is 4.79 Å². The van der Waals surface area contributed by atoms with E-state index in [1.54, 1.807) is 31.4 Å². The van der Waals surface area contributed by atoms with E-state index in [2.05, 4.69) is 21.2 Å². The zero-order valence-electron chi connectivity index (χ0n) is 13.7. The van der Waals surface area contributed by atoms with Crippen LogP contribution in [0, 0.1) is 20.8 Å². The zero-order chi connectivity index (χ0) is 17.0. The number of anilines is 1. The van der Waals surface area contributed by atoms with Crippen LogP contribution >= 0.6 is 15.9 Å². The van der Waals surface area contributed by atoms with E-state index in [0.29, 0.717) is 5.69 Å². The molecule has 0 aliphatic heterocycles. The molecule has 2 rings (SSSR count). The molecule has 122 valence electrons. The molecule has 0 saturated heterocycles. The Bertz CT molecular complexity index is 711. The average molecular weight is 378 g/mol. The van der Waals surface area contributed by atoms with E-state index in [-0.39, 0.29) is 12.5 Å². The number of methoxy groups -OCH3 is 1. The van der Waals surface area contributed by atoms with Gasteiger partial charge in [0.2, 0.25) is 0 Å². The lowest BCUT2D eigenvalue weighted by Crippen LogP contribution is -2.20. The highest BCUT2D eigenvalue weighted by Gasteiger charge is 2.11. The normalized spacial score (nSPS) is 10.3. The molecular formula is C18H20BrNO3. The van der Waals surface area contributed by atoms with Crippen molar-refractivity contribution in [3.8, 4) is 11.5 Å². The van der Waals surface area contributed by atoms with Crippen LogP contribution in [0.4, 0.5) is 5.69 Å². The van der Waals surface area contributed by atoms with Gasteiger partial charge in [-0.15, -0.1) is 0 Å². The van der Waals surface area contributed by atoms with Crippen molar-refractivity contribution < 1.29 is 14.3 Å². The van der Waals surface area contributed by atoms with Crippen molar-refractivity contribution in [3.63, 3.8) is 0 Å². The second-order valence-electron chi connectivity index (χ2n) is 5.32. The number of aryl methyl sites for hydroxylation is 1. The van der Waals surface area contributed by atoms with E-state index in [4.69, 9.17) is 9.47 Å². The van der Waals surface area contributed by atoms with Gasteiger partial charge in [0, 0.05) is 10.2 Å². The van der Waals surface area contributed by atoms with Crippen LogP contribution in [0.2, 0.25) is 0 Å². The third-order valence-corrected chi connectivity index (χ3v) is 4.91. The number of ether oxygens (including phenoxy) is 2. The number of nitrogens with one attached hydrogen (secondary N) is 1. The van der Waals surface area contributed by atoms with E-state index >= 15 is 0 Å². The van der Waals surface area contributed by atoms with E-state index in [1.807, 2.05) is 26.8 Å². The van der Waals surface area contributed by atoms with Crippen molar-refractivity contribution >= 4 is 27.5 Å². The van der Waals surface area contributed by atoms with E-state index < -0.39 is 0 Å². The number of hydrogen-bond donors (Lipinski definition) is 1. The fourth-order valence-corrected chi connectivity index (χ4v) is 2.59. The molecule has 0 aliphatic rings. The fraction of sp³-hybridized carbons (Fsp3) is 0.278. The van der Waals surface area contributed by atoms with Crippen LogP contribution in [0.1, 0.15) is 16.7 Å². The van der Waals surface area contributed by atoms with Crippen LogP contribution < -0.4 is 14.8 Å². The molecule has 0 bridgehead atoms. The molecule has 1 amide bonds. The van der Waals surface area contributed by atoms with Crippen molar-refractivity contribution in [2.75, 3.05) is 19.0 Å². The highest BCUT2D eigenvalue weighted by atomic mass is 79.9. The lowest BCUT2D eigenvalue weighted by Gasteiger charge is -2.14. The van der Waals surface area contributed by atoms with Crippen molar-refractivity contribution in [2.24, 2.45) is 0 Å². The quantitative estimate of drug-likeness (QED) is 0.839. The van der Waals surface area contributed by atoms with Crippen LogP contribution in [0.3, 0.4) is 0 Å². The maximum Gasteiger partial charge on any atom is 0.262 e. The Hall–Kier alpha value is -2.01. The summed E-state index contributed by atoms with van der Waals surface area (Å²) in [6, 6.07) is 9.10. The lowest BCUT2D eigenvalue weighted by atomic mass is 10.1. The molecule has 0 saturated carbocycles. The van der Waals surface area contributed by atoms with Gasteiger partial charge in [0.1, 0.15) is 11.5 Å². The Kier molecular flexibility index (Phi) is 5.66. The number of hydrogen-bond acceptors (Lipinski definition) is 3. The summed E-state index contributed by atoms with van der Waals surface area (Å²) in [5.74, 6) is 1.27. The smallest absolute Gasteiger partial charge is 0.262 e. The molecular weight excluding hydrogens is 358 g/mol. The SMILES string of the molecule is COc1ccc(NC(=O)COc2cc(C)c(Br)c(C)c2C)cc1. The Morgan fingerprint density at radius 3 is 2.39 bits per heavy atom.